The van der Waals surface area contributed by atoms with Crippen molar-refractivity contribution < 1.29 is 18.3 Å². The van der Waals surface area contributed by atoms with Gasteiger partial charge in [0.2, 0.25) is 0 Å². The predicted molar refractivity (Wildman–Crippen MR) is 56.4 cm³/mol. The number of nitrogens with zero attached hydrogens (tertiary/aromatic N) is 1. The summed E-state index contributed by atoms with van der Waals surface area (Å²) in [6, 6.07) is -1.08. The highest BCUT2D eigenvalue weighted by atomic mass is 32.2. The lowest BCUT2D eigenvalue weighted by molar-refractivity contribution is -0.141. The highest BCUT2D eigenvalue weighted by Crippen LogP contribution is 2.12. The zero-order valence-corrected chi connectivity index (χ0v) is 9.99. The summed E-state index contributed by atoms with van der Waals surface area (Å²) in [4.78, 5) is 10.8. The van der Waals surface area contributed by atoms with E-state index in [2.05, 4.69) is 0 Å². The average Bonchev–Trinajstić information content (AvgIpc) is 2.01. The molecule has 0 radical (unpaired) electrons. The molecule has 0 heterocycles. The maximum absolute atomic E-state index is 11.0. The van der Waals surface area contributed by atoms with Crippen LogP contribution in [-0.2, 0) is 15.0 Å². The minimum atomic E-state index is -3.94. The van der Waals surface area contributed by atoms with Crippen molar-refractivity contribution in [3.63, 3.8) is 0 Å². The Morgan fingerprint density at radius 3 is 2.13 bits per heavy atom. The van der Waals surface area contributed by atoms with Gasteiger partial charge in [-0.3, -0.25) is 4.79 Å². The maximum Gasteiger partial charge on any atom is 0.322 e. The van der Waals surface area contributed by atoms with Crippen LogP contribution in [-0.4, -0.2) is 36.9 Å². The smallest absolute Gasteiger partial charge is 0.322 e. The third-order valence-corrected chi connectivity index (χ3v) is 3.20. The molecule has 0 saturated heterocycles. The van der Waals surface area contributed by atoms with Gasteiger partial charge < -0.3 is 5.11 Å². The lowest BCUT2D eigenvalue weighted by atomic mass is 10.0. The molecule has 6 nitrogen and oxygen atoms in total. The lowest BCUT2D eigenvalue weighted by Crippen LogP contribution is -2.45. The molecule has 0 amide bonds. The van der Waals surface area contributed by atoms with Gasteiger partial charge in [0.25, 0.3) is 10.2 Å². The number of carboxylic acid groups (broad SMARTS) is 1. The molecule has 90 valence electrons. The molecule has 0 aromatic heterocycles. The molecule has 0 aliphatic carbocycles. The summed E-state index contributed by atoms with van der Waals surface area (Å²) >= 11 is 0. The molecule has 1 unspecified atom stereocenters. The van der Waals surface area contributed by atoms with Crippen LogP contribution in [0.3, 0.4) is 0 Å². The Balaban J connectivity index is 4.61. The van der Waals surface area contributed by atoms with Crippen LogP contribution in [0.5, 0.6) is 0 Å². The van der Waals surface area contributed by atoms with E-state index in [0.29, 0.717) is 16.6 Å². The summed E-state index contributed by atoms with van der Waals surface area (Å²) in [6.07, 6.45) is 0.900. The molecule has 0 aromatic rings. The summed E-state index contributed by atoms with van der Waals surface area (Å²) in [5, 5.41) is 13.7. The van der Waals surface area contributed by atoms with Crippen LogP contribution in [0.25, 0.3) is 0 Å². The van der Waals surface area contributed by atoms with E-state index in [9.17, 15) is 13.2 Å². The van der Waals surface area contributed by atoms with E-state index in [1.807, 2.05) is 13.8 Å². The zero-order valence-electron chi connectivity index (χ0n) is 9.17. The van der Waals surface area contributed by atoms with E-state index in [1.165, 1.54) is 7.05 Å². The molecule has 0 saturated carbocycles. The van der Waals surface area contributed by atoms with E-state index < -0.39 is 22.2 Å². The predicted octanol–water partition coefficient (Wildman–Crippen LogP) is 0.0111. The second kappa shape index (κ2) is 5.43. The third-order valence-electron chi connectivity index (χ3n) is 2.14. The Kier molecular flexibility index (Phi) is 5.19. The summed E-state index contributed by atoms with van der Waals surface area (Å²) in [5.41, 5.74) is 0. The van der Waals surface area contributed by atoms with Gasteiger partial charge in [0.1, 0.15) is 6.04 Å². The average molecular weight is 238 g/mol. The largest absolute Gasteiger partial charge is 0.480 e. The van der Waals surface area contributed by atoms with Crippen LogP contribution < -0.4 is 5.14 Å². The minimum absolute atomic E-state index is 0.264. The Morgan fingerprint density at radius 1 is 1.40 bits per heavy atom. The van der Waals surface area contributed by atoms with Crippen molar-refractivity contribution >= 4 is 16.2 Å². The minimum Gasteiger partial charge on any atom is -0.480 e. The van der Waals surface area contributed by atoms with Crippen LogP contribution in [0.15, 0.2) is 0 Å². The number of rotatable bonds is 6. The first-order chi connectivity index (χ1) is 6.66. The highest BCUT2D eigenvalue weighted by molar-refractivity contribution is 7.86. The molecule has 0 rings (SSSR count). The van der Waals surface area contributed by atoms with E-state index in [-0.39, 0.29) is 6.42 Å². The van der Waals surface area contributed by atoms with Crippen molar-refractivity contribution in [3.8, 4) is 0 Å². The van der Waals surface area contributed by atoms with E-state index in [4.69, 9.17) is 10.2 Å². The lowest BCUT2D eigenvalue weighted by Gasteiger charge is -2.22. The maximum atomic E-state index is 11.0. The Bertz CT molecular complexity index is 313. The first-order valence-corrected chi connectivity index (χ1v) is 6.15. The molecule has 15 heavy (non-hydrogen) atoms. The molecular weight excluding hydrogens is 220 g/mol. The molecule has 0 aliphatic rings. The Labute approximate surface area is 90.2 Å². The first kappa shape index (κ1) is 14.3. The molecule has 0 aromatic carbocycles. The molecule has 0 aliphatic heterocycles. The molecular formula is C8H18N2O4S. The zero-order chi connectivity index (χ0) is 12.2. The Morgan fingerprint density at radius 2 is 1.87 bits per heavy atom. The topological polar surface area (TPSA) is 101 Å². The fourth-order valence-corrected chi connectivity index (χ4v) is 1.68. The van der Waals surface area contributed by atoms with Crippen LogP contribution in [0.1, 0.15) is 26.7 Å². The van der Waals surface area contributed by atoms with Gasteiger partial charge in [-0.15, -0.1) is 0 Å². The summed E-state index contributed by atoms with van der Waals surface area (Å²) in [7, 11) is -2.77. The van der Waals surface area contributed by atoms with Gasteiger partial charge >= 0.3 is 5.97 Å². The number of hydrogen-bond donors (Lipinski definition) is 2. The van der Waals surface area contributed by atoms with Crippen molar-refractivity contribution in [2.45, 2.75) is 32.7 Å². The molecule has 0 fully saturated rings. The highest BCUT2D eigenvalue weighted by Gasteiger charge is 2.28. The number of likely N-dealkylation sites (N-methyl/N-ethyl adjacent to an activating group) is 1. The van der Waals surface area contributed by atoms with Gasteiger partial charge in [0.05, 0.1) is 0 Å². The van der Waals surface area contributed by atoms with Crippen LogP contribution in [0.2, 0.25) is 0 Å². The van der Waals surface area contributed by atoms with E-state index in [1.54, 1.807) is 0 Å². The van der Waals surface area contributed by atoms with Gasteiger partial charge in [-0.25, -0.2) is 5.14 Å². The normalized spacial score (nSPS) is 14.5. The summed E-state index contributed by atoms with van der Waals surface area (Å²) in [5.74, 6) is -0.854. The first-order valence-electron chi connectivity index (χ1n) is 4.64. The number of carbonyl (C=O) groups is 1. The monoisotopic (exact) mass is 238 g/mol. The number of aliphatic carboxylic acids is 1. The fourth-order valence-electron chi connectivity index (χ4n) is 1.13. The number of nitrogens with two attached hydrogens (primary N) is 1. The van der Waals surface area contributed by atoms with Gasteiger partial charge in [0, 0.05) is 7.05 Å². The molecule has 0 bridgehead atoms. The van der Waals surface area contributed by atoms with Gasteiger partial charge in [-0.2, -0.15) is 12.7 Å². The number of hydrogen-bond acceptors (Lipinski definition) is 3. The second-order valence-electron chi connectivity index (χ2n) is 3.89. The van der Waals surface area contributed by atoms with Crippen molar-refractivity contribution in [3.05, 3.63) is 0 Å². The summed E-state index contributed by atoms with van der Waals surface area (Å²) in [6.45, 7) is 3.88. The number of carboxylic acids is 1. The Hall–Kier alpha value is -0.660. The SMILES string of the molecule is CC(C)CCC(C(=O)O)N(C)S(N)(=O)=O. The van der Waals surface area contributed by atoms with Crippen LogP contribution in [0, 0.1) is 5.92 Å². The van der Waals surface area contributed by atoms with Gasteiger partial charge in [-0.05, 0) is 18.8 Å². The molecule has 3 N–H and O–H groups in total. The summed E-state index contributed by atoms with van der Waals surface area (Å²) < 4.78 is 22.6. The van der Waals surface area contributed by atoms with E-state index >= 15 is 0 Å². The fraction of sp³-hybridized carbons (Fsp3) is 0.875. The standard InChI is InChI=1S/C8H18N2O4S/c1-6(2)4-5-7(8(11)12)10(3)15(9,13)14/h6-7H,4-5H2,1-3H3,(H,11,12)(H2,9,13,14). The van der Waals surface area contributed by atoms with Gasteiger partial charge in [0.15, 0.2) is 0 Å². The van der Waals surface area contributed by atoms with Crippen molar-refractivity contribution in [1.82, 2.24) is 4.31 Å². The third kappa shape index (κ3) is 5.10. The molecule has 0 spiro atoms. The molecule has 1 atom stereocenters. The van der Waals surface area contributed by atoms with Crippen molar-refractivity contribution in [2.75, 3.05) is 7.05 Å². The van der Waals surface area contributed by atoms with E-state index in [0.717, 1.165) is 0 Å². The quantitative estimate of drug-likeness (QED) is 0.680. The second-order valence-corrected chi connectivity index (χ2v) is 5.49. The van der Waals surface area contributed by atoms with Crippen molar-refractivity contribution in [2.24, 2.45) is 11.1 Å². The van der Waals surface area contributed by atoms with Crippen LogP contribution in [0.4, 0.5) is 0 Å². The van der Waals surface area contributed by atoms with Crippen molar-refractivity contribution in [1.29, 1.82) is 0 Å². The van der Waals surface area contributed by atoms with Gasteiger partial charge in [-0.1, -0.05) is 13.8 Å². The molecule has 7 heteroatoms. The van der Waals surface area contributed by atoms with Crippen LogP contribution >= 0.6 is 0 Å².